The molecule has 0 aromatic heterocycles. The number of rotatable bonds is 2. The predicted octanol–water partition coefficient (Wildman–Crippen LogP) is 4.51. The summed E-state index contributed by atoms with van der Waals surface area (Å²) in [6, 6.07) is 12.9. The van der Waals surface area contributed by atoms with Gasteiger partial charge >= 0.3 is 0 Å². The monoisotopic (exact) mass is 796 g/mol. The van der Waals surface area contributed by atoms with E-state index in [0.717, 1.165) is 0 Å². The first-order valence-electron chi connectivity index (χ1n) is 11.8. The van der Waals surface area contributed by atoms with Crippen molar-refractivity contribution in [1.82, 2.24) is 4.90 Å². The molecular formula is C26H30Cl4F4IN2O2V-. The number of nitrogens with two attached hydrogens (primary N) is 1. The second-order valence-electron chi connectivity index (χ2n) is 8.38. The number of likely N-dealkylation sites (tertiary alicyclic amines) is 1. The fourth-order valence-electron chi connectivity index (χ4n) is 3.29. The van der Waals surface area contributed by atoms with Crippen LogP contribution in [0.5, 0.6) is 0 Å². The Morgan fingerprint density at radius 1 is 0.825 bits per heavy atom. The number of benzene rings is 2. The van der Waals surface area contributed by atoms with E-state index in [4.69, 9.17) is 34.8 Å². The molecule has 4 rings (SSSR count). The molecule has 40 heavy (non-hydrogen) atoms. The van der Waals surface area contributed by atoms with Crippen LogP contribution in [0, 0.1) is 4.43 Å². The van der Waals surface area contributed by atoms with Gasteiger partial charge in [0.25, 0.3) is 23.0 Å². The van der Waals surface area contributed by atoms with Crippen LogP contribution in [0.4, 0.5) is 17.6 Å². The van der Waals surface area contributed by atoms with Gasteiger partial charge in [0, 0.05) is 65.7 Å². The smallest absolute Gasteiger partial charge is 0.258 e. The molecular weight excluding hydrogens is 768 g/mol. The van der Waals surface area contributed by atoms with E-state index in [1.54, 1.807) is 48.5 Å². The van der Waals surface area contributed by atoms with Crippen molar-refractivity contribution in [3.8, 4) is 0 Å². The first-order chi connectivity index (χ1) is 17.8. The Bertz CT molecular complexity index is 989. The largest absolute Gasteiger partial charge is 1.00 e. The van der Waals surface area contributed by atoms with Crippen LogP contribution >= 0.6 is 57.4 Å². The van der Waals surface area contributed by atoms with Gasteiger partial charge in [-0.05, 0) is 60.1 Å². The molecule has 0 bridgehead atoms. The summed E-state index contributed by atoms with van der Waals surface area (Å²) >= 11 is 18.6. The predicted molar refractivity (Wildman–Crippen MR) is 153 cm³/mol. The summed E-state index contributed by atoms with van der Waals surface area (Å²) in [4.78, 5) is 23.9. The zero-order chi connectivity index (χ0) is 28.8. The molecule has 2 N–H and O–H groups in total. The van der Waals surface area contributed by atoms with Crippen LogP contribution in [0.3, 0.4) is 0 Å². The normalized spacial score (nSPS) is 16.5. The molecule has 0 spiro atoms. The summed E-state index contributed by atoms with van der Waals surface area (Å²) < 4.78 is 52.2. The molecule has 2 aliphatic heterocycles. The van der Waals surface area contributed by atoms with Gasteiger partial charge in [-0.2, -0.15) is 6.92 Å². The van der Waals surface area contributed by atoms with Crippen molar-refractivity contribution < 1.29 is 63.4 Å². The molecule has 0 atom stereocenters. The maximum absolute atomic E-state index is 12.9. The van der Waals surface area contributed by atoms with Crippen LogP contribution in [0.25, 0.3) is 0 Å². The van der Waals surface area contributed by atoms with Crippen molar-refractivity contribution in [2.24, 2.45) is 0 Å². The van der Waals surface area contributed by atoms with E-state index in [-0.39, 0.29) is 75.6 Å². The molecule has 2 aromatic carbocycles. The molecule has 1 radical (unpaired) electrons. The maximum atomic E-state index is 12.9. The van der Waals surface area contributed by atoms with Gasteiger partial charge in [-0.15, -0.1) is 0 Å². The quantitative estimate of drug-likeness (QED) is 0.211. The Morgan fingerprint density at radius 2 is 1.18 bits per heavy atom. The SMILES string of the molecule is C[CH-]I.FC1(F)CC[NH2+]CC1.O=C(Cl)c1ccc(Cl)cc1.O=C(c1ccc(Cl)cc1)N1CCC(F)(F)CC1.[Cl-].[V]. The Morgan fingerprint density at radius 3 is 1.50 bits per heavy atom. The number of quaternary nitrogens is 1. The minimum atomic E-state index is -2.63. The van der Waals surface area contributed by atoms with Crippen LogP contribution in [-0.4, -0.2) is 54.1 Å². The van der Waals surface area contributed by atoms with E-state index < -0.39 is 17.1 Å². The standard InChI is InChI=1S/C12H12ClF2NO.C7H4Cl2O.C5H9F2N.C2H4I.ClH.V/c13-10-3-1-9(2-4-10)11(17)16-7-5-12(14,15)6-8-16;8-6-3-1-5(2-4-6)7(9)10;6-5(7)1-3-8-4-2-5;1-2-3;;/h1-4H,5-8H2;1-4H;8H,1-4H2;2H,1H3;1H;/q;;;-1;;. The van der Waals surface area contributed by atoms with Crippen LogP contribution in [0.1, 0.15) is 53.3 Å². The average Bonchev–Trinajstić information content (AvgIpc) is 2.85. The molecule has 2 saturated heterocycles. The van der Waals surface area contributed by atoms with E-state index in [2.05, 4.69) is 22.6 Å². The number of hydrogen-bond acceptors (Lipinski definition) is 2. The van der Waals surface area contributed by atoms with Gasteiger partial charge in [0.1, 0.15) is 0 Å². The van der Waals surface area contributed by atoms with E-state index in [1.165, 1.54) is 4.90 Å². The van der Waals surface area contributed by atoms with Crippen molar-refractivity contribution in [3.63, 3.8) is 0 Å². The van der Waals surface area contributed by atoms with Crippen molar-refractivity contribution in [2.45, 2.75) is 44.5 Å². The van der Waals surface area contributed by atoms with E-state index in [0.29, 0.717) is 34.3 Å². The summed E-state index contributed by atoms with van der Waals surface area (Å²) in [5, 5.41) is 2.61. The van der Waals surface area contributed by atoms with E-state index >= 15 is 0 Å². The molecule has 2 heterocycles. The minimum absolute atomic E-state index is 0. The molecule has 1 amide bonds. The second-order valence-corrected chi connectivity index (χ2v) is 10.8. The minimum Gasteiger partial charge on any atom is -1.00 e. The van der Waals surface area contributed by atoms with Gasteiger partial charge in [0.2, 0.25) is 0 Å². The van der Waals surface area contributed by atoms with Gasteiger partial charge in [-0.3, -0.25) is 14.0 Å². The Labute approximate surface area is 279 Å². The van der Waals surface area contributed by atoms with Gasteiger partial charge in [0.15, 0.2) is 0 Å². The molecule has 225 valence electrons. The molecule has 0 aliphatic carbocycles. The van der Waals surface area contributed by atoms with E-state index in [9.17, 15) is 27.2 Å². The Balaban J connectivity index is 0. The number of carbonyl (C=O) groups excluding carboxylic acids is 2. The molecule has 2 aliphatic rings. The summed E-state index contributed by atoms with van der Waals surface area (Å²) in [7, 11) is 0. The summed E-state index contributed by atoms with van der Waals surface area (Å²) in [5.41, 5.74) is 0.950. The number of amides is 1. The van der Waals surface area contributed by atoms with Gasteiger partial charge in [-0.25, -0.2) is 17.6 Å². The third kappa shape index (κ3) is 17.6. The molecule has 2 aromatic rings. The van der Waals surface area contributed by atoms with Crippen molar-refractivity contribution in [2.75, 3.05) is 26.2 Å². The first kappa shape index (κ1) is 41.9. The number of hydrogen-bond donors (Lipinski definition) is 1. The van der Waals surface area contributed by atoms with Crippen LogP contribution in [0.15, 0.2) is 48.5 Å². The first-order valence-corrected chi connectivity index (χ1v) is 14.1. The van der Waals surface area contributed by atoms with Gasteiger partial charge < -0.3 is 45.2 Å². The third-order valence-electron chi connectivity index (χ3n) is 5.37. The van der Waals surface area contributed by atoms with Crippen LogP contribution < -0.4 is 17.7 Å². The topological polar surface area (TPSA) is 54.0 Å². The summed E-state index contributed by atoms with van der Waals surface area (Å²) in [6.45, 7) is 3.38. The number of halogens is 9. The van der Waals surface area contributed by atoms with Gasteiger partial charge in [-0.1, -0.05) is 23.2 Å². The summed E-state index contributed by atoms with van der Waals surface area (Å²) in [5.74, 6) is -5.19. The zero-order valence-electron chi connectivity index (χ0n) is 21.5. The fraction of sp³-hybridized carbons (Fsp3) is 0.423. The summed E-state index contributed by atoms with van der Waals surface area (Å²) in [6.07, 6.45) is -0.390. The number of carbonyl (C=O) groups is 2. The molecule has 0 unspecified atom stereocenters. The van der Waals surface area contributed by atoms with Crippen molar-refractivity contribution in [3.05, 3.63) is 74.1 Å². The maximum Gasteiger partial charge on any atom is 0.258 e. The van der Waals surface area contributed by atoms with Crippen LogP contribution in [-0.2, 0) is 18.6 Å². The molecule has 4 nitrogen and oxygen atoms in total. The molecule has 2 fully saturated rings. The number of alkyl halides is 4. The van der Waals surface area contributed by atoms with Crippen molar-refractivity contribution in [1.29, 1.82) is 0 Å². The number of nitrogens with zero attached hydrogens (tertiary/aromatic N) is 1. The second kappa shape index (κ2) is 21.4. The molecule has 14 heteroatoms. The average molecular weight is 798 g/mol. The fourth-order valence-corrected chi connectivity index (χ4v) is 3.67. The zero-order valence-corrected chi connectivity index (χ0v) is 28.1. The van der Waals surface area contributed by atoms with Crippen LogP contribution in [0.2, 0.25) is 10.0 Å². The third-order valence-corrected chi connectivity index (χ3v) is 6.10. The number of piperidine rings is 2. The van der Waals surface area contributed by atoms with E-state index in [1.807, 2.05) is 16.7 Å². The Kier molecular flexibility index (Phi) is 22.4. The Hall–Kier alpha value is -0.266. The van der Waals surface area contributed by atoms with Gasteiger partial charge in [0.05, 0.1) is 25.9 Å². The molecule has 0 saturated carbocycles. The van der Waals surface area contributed by atoms with Crippen molar-refractivity contribution >= 4 is 68.5 Å².